The summed E-state index contributed by atoms with van der Waals surface area (Å²) in [4.78, 5) is 12.7. The zero-order valence-corrected chi connectivity index (χ0v) is 18.7. The van der Waals surface area contributed by atoms with Crippen LogP contribution >= 0.6 is 11.6 Å². The van der Waals surface area contributed by atoms with Gasteiger partial charge in [0.05, 0.1) is 18.9 Å². The first-order valence-electron chi connectivity index (χ1n) is 9.95. The minimum absolute atomic E-state index is 0.0526. The molecule has 1 aliphatic heterocycles. The van der Waals surface area contributed by atoms with Crippen LogP contribution in [0.3, 0.4) is 0 Å². The van der Waals surface area contributed by atoms with Gasteiger partial charge in [0.2, 0.25) is 15.9 Å². The predicted molar refractivity (Wildman–Crippen MR) is 118 cm³/mol. The summed E-state index contributed by atoms with van der Waals surface area (Å²) in [7, 11) is -1.83. The van der Waals surface area contributed by atoms with Gasteiger partial charge < -0.3 is 10.1 Å². The molecule has 0 aliphatic carbocycles. The van der Waals surface area contributed by atoms with Gasteiger partial charge in [0, 0.05) is 29.6 Å². The quantitative estimate of drug-likeness (QED) is 0.696. The molecule has 0 bridgehead atoms. The van der Waals surface area contributed by atoms with Crippen LogP contribution in [0.15, 0.2) is 48.5 Å². The summed E-state index contributed by atoms with van der Waals surface area (Å²) >= 11 is 5.86. The predicted octanol–water partition coefficient (Wildman–Crippen LogP) is 3.77. The Morgan fingerprint density at radius 2 is 1.80 bits per heavy atom. The van der Waals surface area contributed by atoms with E-state index in [2.05, 4.69) is 5.32 Å². The van der Waals surface area contributed by atoms with Crippen molar-refractivity contribution in [1.29, 1.82) is 0 Å². The molecule has 8 heteroatoms. The van der Waals surface area contributed by atoms with Crippen LogP contribution in [0, 0.1) is 5.92 Å². The number of benzene rings is 2. The fourth-order valence-electron chi connectivity index (χ4n) is 3.71. The number of halogens is 1. The van der Waals surface area contributed by atoms with E-state index in [1.165, 1.54) is 4.31 Å². The van der Waals surface area contributed by atoms with Crippen molar-refractivity contribution in [2.75, 3.05) is 20.2 Å². The second-order valence-corrected chi connectivity index (χ2v) is 9.93. The molecule has 1 aliphatic rings. The molecule has 0 saturated carbocycles. The number of nitrogens with zero attached hydrogens (tertiary/aromatic N) is 1. The van der Waals surface area contributed by atoms with Crippen LogP contribution < -0.4 is 10.1 Å². The van der Waals surface area contributed by atoms with Gasteiger partial charge in [-0.1, -0.05) is 41.9 Å². The number of nitrogens with one attached hydrogen (secondary N) is 1. The fourth-order valence-corrected chi connectivity index (χ4v) is 5.40. The van der Waals surface area contributed by atoms with E-state index in [9.17, 15) is 13.2 Å². The zero-order valence-electron chi connectivity index (χ0n) is 17.2. The highest BCUT2D eigenvalue weighted by molar-refractivity contribution is 7.88. The Bertz CT molecular complexity index is 971. The topological polar surface area (TPSA) is 75.7 Å². The van der Waals surface area contributed by atoms with Gasteiger partial charge in [0.15, 0.2) is 0 Å². The number of hydrogen-bond donors (Lipinski definition) is 1. The maximum atomic E-state index is 12.7. The first-order valence-corrected chi connectivity index (χ1v) is 11.9. The lowest BCUT2D eigenvalue weighted by molar-refractivity contribution is -0.126. The van der Waals surface area contributed by atoms with Crippen LogP contribution in [-0.4, -0.2) is 38.8 Å². The highest BCUT2D eigenvalue weighted by Gasteiger charge is 2.31. The highest BCUT2D eigenvalue weighted by atomic mass is 35.5. The molecular formula is C22H27ClN2O4S. The minimum atomic E-state index is -3.43. The lowest BCUT2D eigenvalue weighted by atomic mass is 9.96. The third-order valence-electron chi connectivity index (χ3n) is 5.44. The number of amides is 1. The van der Waals surface area contributed by atoms with E-state index < -0.39 is 10.0 Å². The van der Waals surface area contributed by atoms with E-state index in [1.807, 2.05) is 31.2 Å². The van der Waals surface area contributed by atoms with E-state index in [0.717, 1.165) is 11.3 Å². The van der Waals surface area contributed by atoms with Crippen molar-refractivity contribution in [2.45, 2.75) is 31.6 Å². The monoisotopic (exact) mass is 450 g/mol. The largest absolute Gasteiger partial charge is 0.496 e. The number of rotatable bonds is 7. The Morgan fingerprint density at radius 1 is 1.17 bits per heavy atom. The smallest absolute Gasteiger partial charge is 0.223 e. The van der Waals surface area contributed by atoms with Gasteiger partial charge in [0.1, 0.15) is 5.75 Å². The molecule has 162 valence electrons. The van der Waals surface area contributed by atoms with Gasteiger partial charge in [-0.05, 0) is 43.5 Å². The van der Waals surface area contributed by atoms with Gasteiger partial charge in [-0.15, -0.1) is 0 Å². The van der Waals surface area contributed by atoms with Gasteiger partial charge in [-0.25, -0.2) is 12.7 Å². The molecule has 1 N–H and O–H groups in total. The van der Waals surface area contributed by atoms with Crippen LogP contribution in [0.4, 0.5) is 0 Å². The Labute approximate surface area is 183 Å². The Kier molecular flexibility index (Phi) is 7.39. The summed E-state index contributed by atoms with van der Waals surface area (Å²) in [6, 6.07) is 14.2. The zero-order chi connectivity index (χ0) is 21.7. The number of methoxy groups -OCH3 is 1. The third-order valence-corrected chi connectivity index (χ3v) is 7.55. The van der Waals surface area contributed by atoms with Crippen LogP contribution in [0.25, 0.3) is 0 Å². The number of piperidine rings is 1. The van der Waals surface area contributed by atoms with Crippen molar-refractivity contribution >= 4 is 27.5 Å². The van der Waals surface area contributed by atoms with Crippen LogP contribution in [-0.2, 0) is 20.6 Å². The van der Waals surface area contributed by atoms with E-state index in [4.69, 9.17) is 16.3 Å². The van der Waals surface area contributed by atoms with Gasteiger partial charge in [0.25, 0.3) is 0 Å². The molecule has 0 aromatic heterocycles. The molecule has 1 amide bonds. The van der Waals surface area contributed by atoms with Crippen molar-refractivity contribution in [3.8, 4) is 5.75 Å². The molecule has 3 rings (SSSR count). The third kappa shape index (κ3) is 5.53. The van der Waals surface area contributed by atoms with Crippen molar-refractivity contribution in [1.82, 2.24) is 9.62 Å². The van der Waals surface area contributed by atoms with E-state index in [0.29, 0.717) is 36.5 Å². The van der Waals surface area contributed by atoms with E-state index >= 15 is 0 Å². The molecule has 6 nitrogen and oxygen atoms in total. The van der Waals surface area contributed by atoms with Gasteiger partial charge >= 0.3 is 0 Å². The SMILES string of the molecule is COc1ccccc1C(C)NC(=O)C1CCN(S(=O)(=O)Cc2ccc(Cl)cc2)CC1. The molecule has 1 atom stereocenters. The number of carbonyl (C=O) groups excluding carboxylic acids is 1. The minimum Gasteiger partial charge on any atom is -0.496 e. The normalized spacial score (nSPS) is 16.8. The molecule has 2 aromatic carbocycles. The lowest BCUT2D eigenvalue weighted by Crippen LogP contribution is -2.43. The second-order valence-electron chi connectivity index (χ2n) is 7.53. The molecule has 2 aromatic rings. The summed E-state index contributed by atoms with van der Waals surface area (Å²) < 4.78 is 32.3. The van der Waals surface area contributed by atoms with E-state index in [-0.39, 0.29) is 23.6 Å². The molecule has 30 heavy (non-hydrogen) atoms. The average Bonchev–Trinajstić information content (AvgIpc) is 2.75. The Balaban J connectivity index is 1.55. The van der Waals surface area contributed by atoms with Gasteiger partial charge in [-0.2, -0.15) is 0 Å². The first kappa shape index (κ1) is 22.6. The molecule has 0 spiro atoms. The summed E-state index contributed by atoms with van der Waals surface area (Å²) in [6.45, 7) is 2.61. The summed E-state index contributed by atoms with van der Waals surface area (Å²) in [6.07, 6.45) is 1.01. The number of para-hydroxylation sites is 1. The Morgan fingerprint density at radius 3 is 2.43 bits per heavy atom. The summed E-state index contributed by atoms with van der Waals surface area (Å²) in [5.41, 5.74) is 1.61. The van der Waals surface area contributed by atoms with Crippen molar-refractivity contribution in [3.05, 3.63) is 64.7 Å². The van der Waals surface area contributed by atoms with Crippen LogP contribution in [0.5, 0.6) is 5.75 Å². The second kappa shape index (κ2) is 9.81. The fraction of sp³-hybridized carbons (Fsp3) is 0.409. The number of sulfonamides is 1. The lowest BCUT2D eigenvalue weighted by Gasteiger charge is -2.31. The highest BCUT2D eigenvalue weighted by Crippen LogP contribution is 2.26. The summed E-state index contributed by atoms with van der Waals surface area (Å²) in [5.74, 6) is 0.409. The maximum absolute atomic E-state index is 12.7. The average molecular weight is 451 g/mol. The molecule has 1 heterocycles. The van der Waals surface area contributed by atoms with Crippen molar-refractivity contribution in [3.63, 3.8) is 0 Å². The van der Waals surface area contributed by atoms with Crippen molar-refractivity contribution in [2.24, 2.45) is 5.92 Å². The molecular weight excluding hydrogens is 424 g/mol. The molecule has 0 radical (unpaired) electrons. The van der Waals surface area contributed by atoms with Gasteiger partial charge in [-0.3, -0.25) is 4.79 Å². The molecule has 1 saturated heterocycles. The molecule has 1 unspecified atom stereocenters. The van der Waals surface area contributed by atoms with Crippen LogP contribution in [0.1, 0.15) is 36.9 Å². The maximum Gasteiger partial charge on any atom is 0.223 e. The summed E-state index contributed by atoms with van der Waals surface area (Å²) in [5, 5.41) is 3.61. The van der Waals surface area contributed by atoms with Crippen LogP contribution in [0.2, 0.25) is 5.02 Å². The Hall–Kier alpha value is -2.09. The number of carbonyl (C=O) groups is 1. The number of ether oxygens (including phenoxy) is 1. The molecule has 1 fully saturated rings. The first-order chi connectivity index (χ1) is 14.3. The van der Waals surface area contributed by atoms with Crippen molar-refractivity contribution < 1.29 is 17.9 Å². The number of hydrogen-bond acceptors (Lipinski definition) is 4. The van der Waals surface area contributed by atoms with E-state index in [1.54, 1.807) is 31.4 Å². The standard InChI is InChI=1S/C22H27ClN2O4S/c1-16(20-5-3-4-6-21(20)29-2)24-22(26)18-11-13-25(14-12-18)30(27,28)15-17-7-9-19(23)10-8-17/h3-10,16,18H,11-15H2,1-2H3,(H,24,26).